The zero-order valence-electron chi connectivity index (χ0n) is 16.1. The van der Waals surface area contributed by atoms with Crippen LogP contribution in [0.2, 0.25) is 0 Å². The number of hydrogen-bond acceptors (Lipinski definition) is 7. The average Bonchev–Trinajstić information content (AvgIpc) is 3.38. The second kappa shape index (κ2) is 7.21. The molecule has 3 N–H and O–H groups in total. The molecule has 0 spiro atoms. The maximum absolute atomic E-state index is 5.79. The Morgan fingerprint density at radius 1 is 1.00 bits per heavy atom. The van der Waals surface area contributed by atoms with Gasteiger partial charge < -0.3 is 5.73 Å². The fourth-order valence-corrected chi connectivity index (χ4v) is 3.17. The van der Waals surface area contributed by atoms with Gasteiger partial charge in [0.15, 0.2) is 0 Å². The number of anilines is 1. The van der Waals surface area contributed by atoms with Crippen LogP contribution in [0, 0.1) is 0 Å². The predicted molar refractivity (Wildman–Crippen MR) is 115 cm³/mol. The van der Waals surface area contributed by atoms with Gasteiger partial charge in [-0.1, -0.05) is 18.2 Å². The zero-order valence-corrected chi connectivity index (χ0v) is 16.1. The molecule has 0 aliphatic rings. The summed E-state index contributed by atoms with van der Waals surface area (Å²) in [6.45, 7) is 0. The maximum atomic E-state index is 5.79. The zero-order chi connectivity index (χ0) is 20.5. The molecule has 0 unspecified atom stereocenters. The number of nitrogen functional groups attached to an aromatic ring is 1. The van der Waals surface area contributed by atoms with Crippen LogP contribution in [-0.4, -0.2) is 40.4 Å². The van der Waals surface area contributed by atoms with Crippen LogP contribution < -0.4 is 5.73 Å². The van der Waals surface area contributed by atoms with Gasteiger partial charge in [0.05, 0.1) is 18.3 Å². The van der Waals surface area contributed by atoms with Gasteiger partial charge in [-0.05, 0) is 58.3 Å². The first-order valence-corrected chi connectivity index (χ1v) is 9.24. The van der Waals surface area contributed by atoms with E-state index >= 15 is 0 Å². The Balaban J connectivity index is 1.39. The van der Waals surface area contributed by atoms with Crippen molar-refractivity contribution in [2.24, 2.45) is 7.05 Å². The third-order valence-electron chi connectivity index (χ3n) is 4.66. The summed E-state index contributed by atoms with van der Waals surface area (Å²) in [5.41, 5.74) is 11.3. The van der Waals surface area contributed by atoms with Gasteiger partial charge in [-0.3, -0.25) is 10.1 Å². The molecule has 0 aliphatic carbocycles. The van der Waals surface area contributed by atoms with E-state index < -0.39 is 0 Å². The number of fused-ring (bicyclic) bond motifs is 1. The van der Waals surface area contributed by atoms with Crippen LogP contribution in [0.1, 0.15) is 11.3 Å². The quantitative estimate of drug-likeness (QED) is 0.479. The number of hydrogen-bond donors (Lipinski definition) is 2. The topological polar surface area (TPSA) is 124 Å². The van der Waals surface area contributed by atoms with Gasteiger partial charge >= 0.3 is 0 Å². The summed E-state index contributed by atoms with van der Waals surface area (Å²) >= 11 is 0. The Morgan fingerprint density at radius 2 is 1.90 bits per heavy atom. The number of rotatable bonds is 4. The molecule has 0 amide bonds. The lowest BCUT2D eigenvalue weighted by molar-refractivity contribution is 0.630. The lowest BCUT2D eigenvalue weighted by atomic mass is 10.0. The van der Waals surface area contributed by atoms with Crippen LogP contribution in [0.4, 0.5) is 5.82 Å². The van der Waals surface area contributed by atoms with E-state index in [2.05, 4.69) is 41.6 Å². The summed E-state index contributed by atoms with van der Waals surface area (Å²) in [6, 6.07) is 13.8. The Morgan fingerprint density at radius 3 is 2.67 bits per heavy atom. The van der Waals surface area contributed by atoms with Crippen molar-refractivity contribution in [3.8, 4) is 22.6 Å². The third-order valence-corrected chi connectivity index (χ3v) is 4.66. The van der Waals surface area contributed by atoms with Gasteiger partial charge in [-0.15, -0.1) is 10.2 Å². The van der Waals surface area contributed by atoms with E-state index in [0.29, 0.717) is 17.3 Å². The van der Waals surface area contributed by atoms with Crippen molar-refractivity contribution in [2.45, 2.75) is 0 Å². The second-order valence-electron chi connectivity index (χ2n) is 6.75. The maximum Gasteiger partial charge on any atom is 0.223 e. The lowest BCUT2D eigenvalue weighted by Gasteiger charge is -2.02. The molecule has 4 aromatic heterocycles. The molecule has 9 nitrogen and oxygen atoms in total. The van der Waals surface area contributed by atoms with Crippen molar-refractivity contribution in [2.75, 3.05) is 5.73 Å². The fourth-order valence-electron chi connectivity index (χ4n) is 3.17. The summed E-state index contributed by atoms with van der Waals surface area (Å²) < 4.78 is 0. The van der Waals surface area contributed by atoms with Crippen molar-refractivity contribution < 1.29 is 0 Å². The van der Waals surface area contributed by atoms with Crippen molar-refractivity contribution in [1.29, 1.82) is 0 Å². The van der Waals surface area contributed by atoms with E-state index in [1.165, 1.54) is 4.80 Å². The molecular formula is C21H17N9. The highest BCUT2D eigenvalue weighted by atomic mass is 15.6. The molecule has 1 aromatic carbocycles. The number of tetrazole rings is 1. The number of nitrogens with zero attached hydrogens (tertiary/aromatic N) is 7. The molecule has 0 radical (unpaired) electrons. The number of pyridine rings is 2. The van der Waals surface area contributed by atoms with Gasteiger partial charge in [0, 0.05) is 17.8 Å². The molecular weight excluding hydrogens is 378 g/mol. The van der Waals surface area contributed by atoms with Gasteiger partial charge in [0.1, 0.15) is 11.5 Å². The molecule has 0 saturated carbocycles. The molecule has 0 atom stereocenters. The molecule has 0 aliphatic heterocycles. The molecule has 5 aromatic rings. The van der Waals surface area contributed by atoms with E-state index in [4.69, 9.17) is 5.73 Å². The molecule has 0 bridgehead atoms. The second-order valence-corrected chi connectivity index (χ2v) is 6.75. The minimum absolute atomic E-state index is 0.496. The fraction of sp³-hybridized carbons (Fsp3) is 0.0476. The van der Waals surface area contributed by atoms with Gasteiger partial charge in [0.25, 0.3) is 0 Å². The van der Waals surface area contributed by atoms with E-state index in [0.717, 1.165) is 33.3 Å². The van der Waals surface area contributed by atoms with Crippen LogP contribution in [0.15, 0.2) is 54.9 Å². The highest BCUT2D eigenvalue weighted by Gasteiger charge is 2.07. The average molecular weight is 395 g/mol. The Labute approximate surface area is 171 Å². The summed E-state index contributed by atoms with van der Waals surface area (Å²) in [5, 5.41) is 20.5. The van der Waals surface area contributed by atoms with E-state index in [1.54, 1.807) is 19.4 Å². The van der Waals surface area contributed by atoms with Gasteiger partial charge in [0.2, 0.25) is 5.82 Å². The molecule has 5 rings (SSSR count). The summed E-state index contributed by atoms with van der Waals surface area (Å²) in [7, 11) is 1.72. The van der Waals surface area contributed by atoms with Crippen molar-refractivity contribution >= 4 is 28.9 Å². The first-order chi connectivity index (χ1) is 14.7. The van der Waals surface area contributed by atoms with Crippen LogP contribution in [0.5, 0.6) is 0 Å². The monoisotopic (exact) mass is 395 g/mol. The van der Waals surface area contributed by atoms with Crippen LogP contribution in [-0.2, 0) is 7.05 Å². The predicted octanol–water partition coefficient (Wildman–Crippen LogP) is 2.96. The molecule has 146 valence electrons. The molecule has 4 heterocycles. The van der Waals surface area contributed by atoms with Crippen molar-refractivity contribution in [3.63, 3.8) is 0 Å². The Bertz CT molecular complexity index is 1360. The minimum Gasteiger partial charge on any atom is -0.384 e. The normalized spacial score (nSPS) is 11.5. The Hall–Kier alpha value is -4.40. The number of nitrogens with two attached hydrogens (primary N) is 1. The van der Waals surface area contributed by atoms with Crippen molar-refractivity contribution in [1.82, 2.24) is 40.4 Å². The third kappa shape index (κ3) is 3.39. The first kappa shape index (κ1) is 17.7. The molecule has 9 heteroatoms. The number of aromatic nitrogens is 8. The van der Waals surface area contributed by atoms with E-state index in [-0.39, 0.29) is 0 Å². The number of benzene rings is 1. The summed E-state index contributed by atoms with van der Waals surface area (Å²) in [6.07, 6.45) is 7.40. The standard InChI is InChI=1S/C21H17N9/c1-30-28-21(27-29-30)18-7-3-13(12-24-18)2-6-17-16-5-4-14(10-19(16)26-25-17)15-8-9-23-20(22)11-15/h2-12H,1H3,(H2,22,23)(H,25,26)/b6-2+. The number of nitrogens with one attached hydrogen (secondary N) is 1. The largest absolute Gasteiger partial charge is 0.384 e. The highest BCUT2D eigenvalue weighted by molar-refractivity contribution is 5.92. The van der Waals surface area contributed by atoms with Gasteiger partial charge in [-0.25, -0.2) is 4.98 Å². The van der Waals surface area contributed by atoms with Crippen molar-refractivity contribution in [3.05, 3.63) is 66.1 Å². The van der Waals surface area contributed by atoms with Crippen LogP contribution in [0.25, 0.3) is 45.7 Å². The summed E-state index contributed by atoms with van der Waals surface area (Å²) in [4.78, 5) is 9.85. The Kier molecular flexibility index (Phi) is 4.25. The van der Waals surface area contributed by atoms with E-state index in [9.17, 15) is 0 Å². The molecule has 30 heavy (non-hydrogen) atoms. The SMILES string of the molecule is Cn1nnc(-c2ccc(/C=C/c3n[nH]c4cc(-c5ccnc(N)c5)ccc34)cn2)n1. The smallest absolute Gasteiger partial charge is 0.223 e. The number of H-pyrrole nitrogens is 1. The van der Waals surface area contributed by atoms with Crippen LogP contribution in [0.3, 0.4) is 0 Å². The van der Waals surface area contributed by atoms with Crippen LogP contribution >= 0.6 is 0 Å². The number of aromatic amines is 1. The van der Waals surface area contributed by atoms with Gasteiger partial charge in [-0.2, -0.15) is 9.90 Å². The molecule has 0 fully saturated rings. The number of aryl methyl sites for hydroxylation is 1. The lowest BCUT2D eigenvalue weighted by Crippen LogP contribution is -1.92. The molecule has 0 saturated heterocycles. The highest BCUT2D eigenvalue weighted by Crippen LogP contribution is 2.26. The summed E-state index contributed by atoms with van der Waals surface area (Å²) in [5.74, 6) is 0.994. The first-order valence-electron chi connectivity index (χ1n) is 9.24. The minimum atomic E-state index is 0.496. The van der Waals surface area contributed by atoms with E-state index in [1.807, 2.05) is 48.6 Å².